The lowest BCUT2D eigenvalue weighted by Gasteiger charge is -2.40. The van der Waals surface area contributed by atoms with Crippen LogP contribution in [-0.2, 0) is 0 Å². The molecule has 0 atom stereocenters. The molecule has 158 valence electrons. The highest BCUT2D eigenvalue weighted by Crippen LogP contribution is 2.31. The van der Waals surface area contributed by atoms with Crippen LogP contribution in [0.1, 0.15) is 29.7 Å². The summed E-state index contributed by atoms with van der Waals surface area (Å²) in [6.07, 6.45) is 8.51. The van der Waals surface area contributed by atoms with E-state index in [1.54, 1.807) is 0 Å². The summed E-state index contributed by atoms with van der Waals surface area (Å²) in [4.78, 5) is 14.6. The van der Waals surface area contributed by atoms with E-state index in [2.05, 4.69) is 63.6 Å². The number of aryl methyl sites for hydroxylation is 3. The van der Waals surface area contributed by atoms with E-state index in [0.29, 0.717) is 0 Å². The first-order chi connectivity index (χ1) is 14.6. The van der Waals surface area contributed by atoms with Crippen molar-refractivity contribution < 1.29 is 0 Å². The SMILES string of the molecule is Cc1cc(N2CCC(N3CCNCC3)CC2)nc(C)c1-c1cc(C)c2nccn2c1. The zero-order chi connectivity index (χ0) is 20.7. The average molecular weight is 405 g/mol. The minimum atomic E-state index is 0.731. The molecular weight excluding hydrogens is 372 g/mol. The van der Waals surface area contributed by atoms with E-state index in [4.69, 9.17) is 4.98 Å². The maximum atomic E-state index is 5.05. The molecule has 2 fully saturated rings. The average Bonchev–Trinajstić information content (AvgIpc) is 3.23. The van der Waals surface area contributed by atoms with E-state index in [0.717, 1.165) is 49.4 Å². The summed E-state index contributed by atoms with van der Waals surface area (Å²) in [6.45, 7) is 13.3. The van der Waals surface area contributed by atoms with Gasteiger partial charge in [0.15, 0.2) is 0 Å². The van der Waals surface area contributed by atoms with E-state index in [1.165, 1.54) is 48.2 Å². The minimum absolute atomic E-state index is 0.731. The summed E-state index contributed by atoms with van der Waals surface area (Å²) in [7, 11) is 0. The van der Waals surface area contributed by atoms with Gasteiger partial charge in [0.05, 0.1) is 0 Å². The molecule has 2 aliphatic rings. The fourth-order valence-corrected chi connectivity index (χ4v) is 5.26. The smallest absolute Gasteiger partial charge is 0.139 e. The maximum Gasteiger partial charge on any atom is 0.139 e. The molecule has 0 aliphatic carbocycles. The molecule has 2 aliphatic heterocycles. The molecule has 0 bridgehead atoms. The third-order valence-corrected chi connectivity index (χ3v) is 6.80. The first kappa shape index (κ1) is 19.5. The lowest BCUT2D eigenvalue weighted by Crippen LogP contribution is -2.52. The largest absolute Gasteiger partial charge is 0.356 e. The predicted octanol–water partition coefficient (Wildman–Crippen LogP) is 3.20. The van der Waals surface area contributed by atoms with Crippen LogP contribution in [-0.4, -0.2) is 64.6 Å². The Morgan fingerprint density at radius 3 is 2.47 bits per heavy atom. The number of aromatic nitrogens is 3. The molecule has 0 radical (unpaired) electrons. The standard InChI is InChI=1S/C24H32N6/c1-17-15-22(29-9-4-21(5-10-29)28-11-6-25-7-12-28)27-19(3)23(17)20-14-18(2)24-26-8-13-30(24)16-20/h8,13-16,21,25H,4-7,9-12H2,1-3H3. The molecule has 6 nitrogen and oxygen atoms in total. The van der Waals surface area contributed by atoms with Gasteiger partial charge in [-0.25, -0.2) is 9.97 Å². The van der Waals surface area contributed by atoms with E-state index >= 15 is 0 Å². The number of rotatable bonds is 3. The molecule has 0 spiro atoms. The number of hydrogen-bond acceptors (Lipinski definition) is 5. The summed E-state index contributed by atoms with van der Waals surface area (Å²) < 4.78 is 2.11. The van der Waals surface area contributed by atoms with Gasteiger partial charge in [-0.05, 0) is 56.9 Å². The van der Waals surface area contributed by atoms with Gasteiger partial charge in [-0.1, -0.05) is 0 Å². The molecule has 6 heteroatoms. The van der Waals surface area contributed by atoms with E-state index < -0.39 is 0 Å². The normalized spacial score (nSPS) is 19.0. The molecule has 5 heterocycles. The molecule has 0 amide bonds. The van der Waals surface area contributed by atoms with Gasteiger partial charge in [-0.2, -0.15) is 0 Å². The molecule has 0 unspecified atom stereocenters. The second-order valence-corrected chi connectivity index (χ2v) is 8.83. The minimum Gasteiger partial charge on any atom is -0.356 e. The van der Waals surface area contributed by atoms with Gasteiger partial charge in [-0.3, -0.25) is 4.90 Å². The Balaban J connectivity index is 1.36. The summed E-state index contributed by atoms with van der Waals surface area (Å²) in [5.74, 6) is 1.13. The second-order valence-electron chi connectivity index (χ2n) is 8.83. The van der Waals surface area contributed by atoms with Gasteiger partial charge < -0.3 is 14.6 Å². The molecular formula is C24H32N6. The van der Waals surface area contributed by atoms with Crippen molar-refractivity contribution in [1.82, 2.24) is 24.6 Å². The zero-order valence-corrected chi connectivity index (χ0v) is 18.4. The Morgan fingerprint density at radius 2 is 1.73 bits per heavy atom. The fourth-order valence-electron chi connectivity index (χ4n) is 5.26. The van der Waals surface area contributed by atoms with Crippen LogP contribution in [0.5, 0.6) is 0 Å². The van der Waals surface area contributed by atoms with Crippen molar-refractivity contribution in [3.05, 3.63) is 47.5 Å². The van der Waals surface area contributed by atoms with Gasteiger partial charge in [0.1, 0.15) is 11.5 Å². The van der Waals surface area contributed by atoms with Crippen LogP contribution in [0.4, 0.5) is 5.82 Å². The predicted molar refractivity (Wildman–Crippen MR) is 122 cm³/mol. The molecule has 3 aromatic rings. The number of piperazine rings is 1. The first-order valence-electron chi connectivity index (χ1n) is 11.2. The zero-order valence-electron chi connectivity index (χ0n) is 18.4. The fraction of sp³-hybridized carbons (Fsp3) is 0.500. The number of hydrogen-bond donors (Lipinski definition) is 1. The van der Waals surface area contributed by atoms with Gasteiger partial charge in [0.25, 0.3) is 0 Å². The number of fused-ring (bicyclic) bond motifs is 1. The van der Waals surface area contributed by atoms with Crippen molar-refractivity contribution in [3.8, 4) is 11.1 Å². The summed E-state index contributed by atoms with van der Waals surface area (Å²) in [5, 5.41) is 3.46. The van der Waals surface area contributed by atoms with E-state index in [9.17, 15) is 0 Å². The highest BCUT2D eigenvalue weighted by atomic mass is 15.2. The third kappa shape index (κ3) is 3.59. The molecule has 0 aromatic carbocycles. The molecule has 1 N–H and O–H groups in total. The number of nitrogens with zero attached hydrogens (tertiary/aromatic N) is 5. The molecule has 0 saturated carbocycles. The van der Waals surface area contributed by atoms with Crippen molar-refractivity contribution in [3.63, 3.8) is 0 Å². The van der Waals surface area contributed by atoms with Crippen LogP contribution in [0.15, 0.2) is 30.7 Å². The molecule has 3 aromatic heterocycles. The Kier molecular flexibility index (Phi) is 5.21. The van der Waals surface area contributed by atoms with Crippen LogP contribution in [0.3, 0.4) is 0 Å². The summed E-state index contributed by atoms with van der Waals surface area (Å²) >= 11 is 0. The van der Waals surface area contributed by atoms with Crippen LogP contribution in [0, 0.1) is 20.8 Å². The van der Waals surface area contributed by atoms with Crippen LogP contribution in [0.25, 0.3) is 16.8 Å². The van der Waals surface area contributed by atoms with Crippen molar-refractivity contribution in [2.24, 2.45) is 0 Å². The topological polar surface area (TPSA) is 48.7 Å². The third-order valence-electron chi connectivity index (χ3n) is 6.80. The number of pyridine rings is 2. The molecule has 5 rings (SSSR count). The summed E-state index contributed by atoms with van der Waals surface area (Å²) in [6, 6.07) is 5.24. The van der Waals surface area contributed by atoms with Crippen molar-refractivity contribution in [1.29, 1.82) is 0 Å². The number of nitrogens with one attached hydrogen (secondary N) is 1. The highest BCUT2D eigenvalue weighted by Gasteiger charge is 2.26. The van der Waals surface area contributed by atoms with Crippen molar-refractivity contribution in [2.45, 2.75) is 39.7 Å². The first-order valence-corrected chi connectivity index (χ1v) is 11.2. The van der Waals surface area contributed by atoms with Gasteiger partial charge >= 0.3 is 0 Å². The Morgan fingerprint density at radius 1 is 0.967 bits per heavy atom. The highest BCUT2D eigenvalue weighted by molar-refractivity contribution is 5.73. The summed E-state index contributed by atoms with van der Waals surface area (Å²) in [5.41, 5.74) is 7.06. The number of piperidine rings is 1. The maximum absolute atomic E-state index is 5.05. The lowest BCUT2D eigenvalue weighted by molar-refractivity contribution is 0.150. The van der Waals surface area contributed by atoms with Crippen molar-refractivity contribution in [2.75, 3.05) is 44.2 Å². The van der Waals surface area contributed by atoms with E-state index in [1.807, 2.05) is 12.4 Å². The monoisotopic (exact) mass is 404 g/mol. The number of imidazole rings is 1. The Bertz CT molecular complexity index is 1020. The van der Waals surface area contributed by atoms with Gasteiger partial charge in [-0.15, -0.1) is 0 Å². The number of anilines is 1. The quantitative estimate of drug-likeness (QED) is 0.727. The lowest BCUT2D eigenvalue weighted by atomic mass is 9.98. The molecule has 2 saturated heterocycles. The van der Waals surface area contributed by atoms with Gasteiger partial charge in [0.2, 0.25) is 0 Å². The Labute approximate surface area is 178 Å². The van der Waals surface area contributed by atoms with E-state index in [-0.39, 0.29) is 0 Å². The van der Waals surface area contributed by atoms with Crippen LogP contribution < -0.4 is 10.2 Å². The second kappa shape index (κ2) is 8.00. The molecule has 30 heavy (non-hydrogen) atoms. The van der Waals surface area contributed by atoms with Crippen LogP contribution in [0.2, 0.25) is 0 Å². The van der Waals surface area contributed by atoms with Gasteiger partial charge in [0, 0.05) is 80.7 Å². The van der Waals surface area contributed by atoms with Crippen molar-refractivity contribution >= 4 is 11.5 Å². The Hall–Kier alpha value is -2.44. The van der Waals surface area contributed by atoms with Crippen LogP contribution >= 0.6 is 0 Å².